The molecule has 6 nitrogen and oxygen atoms in total. The molecular formula is C16H12N6S2. The van der Waals surface area contributed by atoms with Gasteiger partial charge >= 0.3 is 0 Å². The van der Waals surface area contributed by atoms with Crippen molar-refractivity contribution in [1.29, 1.82) is 5.26 Å². The van der Waals surface area contributed by atoms with Gasteiger partial charge in [0.1, 0.15) is 6.07 Å². The largest absolute Gasteiger partial charge is 0.335 e. The minimum atomic E-state index is 0.602. The summed E-state index contributed by atoms with van der Waals surface area (Å²) in [7, 11) is 0. The number of thiophene rings is 1. The molecule has 0 amide bonds. The quantitative estimate of drug-likeness (QED) is 0.450. The maximum Gasteiger partial charge on any atom is 0.210 e. The molecule has 0 radical (unpaired) electrons. The van der Waals surface area contributed by atoms with Crippen molar-refractivity contribution in [2.24, 2.45) is 0 Å². The third-order valence-corrected chi connectivity index (χ3v) is 5.49. The van der Waals surface area contributed by atoms with E-state index in [0.29, 0.717) is 22.3 Å². The highest BCUT2D eigenvalue weighted by molar-refractivity contribution is 7.98. The van der Waals surface area contributed by atoms with Crippen molar-refractivity contribution < 1.29 is 0 Å². The summed E-state index contributed by atoms with van der Waals surface area (Å²) in [6.07, 6.45) is 3.91. The molecule has 4 aromatic rings. The second-order valence-corrected chi connectivity index (χ2v) is 6.97. The lowest BCUT2D eigenvalue weighted by Gasteiger charge is -2.01. The van der Waals surface area contributed by atoms with Gasteiger partial charge in [0, 0.05) is 18.1 Å². The zero-order valence-corrected chi connectivity index (χ0v) is 14.1. The van der Waals surface area contributed by atoms with E-state index in [1.807, 2.05) is 52.5 Å². The molecule has 0 fully saturated rings. The maximum atomic E-state index is 9.46. The average molecular weight is 352 g/mol. The first kappa shape index (κ1) is 14.8. The van der Waals surface area contributed by atoms with Crippen molar-refractivity contribution in [3.8, 4) is 16.8 Å². The van der Waals surface area contributed by atoms with Crippen molar-refractivity contribution in [3.05, 3.63) is 59.2 Å². The van der Waals surface area contributed by atoms with E-state index >= 15 is 0 Å². The van der Waals surface area contributed by atoms with Gasteiger partial charge in [-0.05, 0) is 29.1 Å². The summed E-state index contributed by atoms with van der Waals surface area (Å²) in [5, 5.41) is 20.4. The summed E-state index contributed by atoms with van der Waals surface area (Å²) in [4.78, 5) is 0.976. The molecule has 4 aromatic heterocycles. The first-order chi connectivity index (χ1) is 11.8. The number of thioether (sulfide) groups is 1. The molecule has 0 atom stereocenters. The van der Waals surface area contributed by atoms with E-state index < -0.39 is 0 Å². The predicted molar refractivity (Wildman–Crippen MR) is 95.2 cm³/mol. The van der Waals surface area contributed by atoms with Crippen molar-refractivity contribution in [1.82, 2.24) is 19.3 Å². The number of nitriles is 1. The number of rotatable bonds is 4. The summed E-state index contributed by atoms with van der Waals surface area (Å²) >= 11 is 3.04. The van der Waals surface area contributed by atoms with Gasteiger partial charge in [0.2, 0.25) is 5.16 Å². The number of hydrogen-bond acceptors (Lipinski definition) is 6. The molecule has 0 unspecified atom stereocenters. The fraction of sp³-hybridized carbons (Fsp3) is 0.0625. The van der Waals surface area contributed by atoms with E-state index in [0.717, 1.165) is 16.0 Å². The second-order valence-electron chi connectivity index (χ2n) is 5.08. The Morgan fingerprint density at radius 2 is 2.17 bits per heavy atom. The summed E-state index contributed by atoms with van der Waals surface area (Å²) in [6, 6.07) is 12.0. The van der Waals surface area contributed by atoms with Crippen LogP contribution in [-0.4, -0.2) is 19.3 Å². The second kappa shape index (κ2) is 6.03. The van der Waals surface area contributed by atoms with Gasteiger partial charge in [0.05, 0.1) is 16.0 Å². The highest BCUT2D eigenvalue weighted by Crippen LogP contribution is 2.28. The first-order valence-electron chi connectivity index (χ1n) is 7.14. The number of aromatic nitrogens is 4. The van der Waals surface area contributed by atoms with E-state index in [1.165, 1.54) is 16.4 Å². The number of nitrogens with two attached hydrogens (primary N) is 1. The van der Waals surface area contributed by atoms with Crippen LogP contribution in [0.15, 0.2) is 53.3 Å². The molecule has 118 valence electrons. The van der Waals surface area contributed by atoms with Crippen LogP contribution in [0.5, 0.6) is 0 Å². The van der Waals surface area contributed by atoms with Gasteiger partial charge in [-0.2, -0.15) is 5.26 Å². The van der Waals surface area contributed by atoms with Crippen LogP contribution in [0.1, 0.15) is 11.1 Å². The molecule has 24 heavy (non-hydrogen) atoms. The Morgan fingerprint density at radius 3 is 2.96 bits per heavy atom. The normalized spacial score (nSPS) is 11.0. The van der Waals surface area contributed by atoms with Crippen LogP contribution in [0.4, 0.5) is 0 Å². The molecule has 0 saturated carbocycles. The first-order valence-corrected chi connectivity index (χ1v) is 9.00. The average Bonchev–Trinajstić information content (AvgIpc) is 3.31. The van der Waals surface area contributed by atoms with E-state index in [1.54, 1.807) is 11.3 Å². The molecule has 0 aliphatic carbocycles. The lowest BCUT2D eigenvalue weighted by molar-refractivity contribution is 0.850. The summed E-state index contributed by atoms with van der Waals surface area (Å²) in [6.45, 7) is 0. The number of nitrogens with zero attached hydrogens (tertiary/aromatic N) is 5. The standard InChI is InChI=1S/C16H12N6S2/c17-8-12-11(9-21-6-2-1-4-13(12)21)10-24-16-20-19-15(22(16)18)14-5-3-7-23-14/h1-7,9H,10,18H2. The zero-order valence-electron chi connectivity index (χ0n) is 12.5. The summed E-state index contributed by atoms with van der Waals surface area (Å²) in [5.41, 5.74) is 2.54. The number of fused-ring (bicyclic) bond motifs is 1. The van der Waals surface area contributed by atoms with Gasteiger partial charge in [-0.3, -0.25) is 0 Å². The molecule has 8 heteroatoms. The van der Waals surface area contributed by atoms with Gasteiger partial charge in [0.25, 0.3) is 0 Å². The molecule has 0 bridgehead atoms. The molecule has 0 spiro atoms. The van der Waals surface area contributed by atoms with Crippen LogP contribution >= 0.6 is 23.1 Å². The van der Waals surface area contributed by atoms with E-state index in [9.17, 15) is 5.26 Å². The van der Waals surface area contributed by atoms with E-state index in [2.05, 4.69) is 16.3 Å². The van der Waals surface area contributed by atoms with Crippen LogP contribution in [0.2, 0.25) is 0 Å². The molecule has 2 N–H and O–H groups in total. The van der Waals surface area contributed by atoms with Gasteiger partial charge in [-0.1, -0.05) is 23.9 Å². The number of pyridine rings is 1. The minimum absolute atomic E-state index is 0.602. The van der Waals surface area contributed by atoms with Crippen LogP contribution < -0.4 is 5.84 Å². The molecule has 0 saturated heterocycles. The Kier molecular flexibility index (Phi) is 3.72. The van der Waals surface area contributed by atoms with Crippen molar-refractivity contribution >= 4 is 28.6 Å². The van der Waals surface area contributed by atoms with Crippen molar-refractivity contribution in [3.63, 3.8) is 0 Å². The van der Waals surface area contributed by atoms with Gasteiger partial charge < -0.3 is 10.2 Å². The minimum Gasteiger partial charge on any atom is -0.335 e. The highest BCUT2D eigenvalue weighted by atomic mass is 32.2. The SMILES string of the molecule is N#Cc1c(CSc2nnc(-c3cccs3)n2N)cn2ccccc12. The van der Waals surface area contributed by atoms with Crippen LogP contribution in [-0.2, 0) is 5.75 Å². The van der Waals surface area contributed by atoms with E-state index in [4.69, 9.17) is 5.84 Å². The molecule has 0 aliphatic rings. The van der Waals surface area contributed by atoms with Gasteiger partial charge in [-0.25, -0.2) is 4.68 Å². The molecule has 0 aromatic carbocycles. The number of nitrogen functional groups attached to an aromatic ring is 1. The molecule has 4 heterocycles. The highest BCUT2D eigenvalue weighted by Gasteiger charge is 2.15. The summed E-state index contributed by atoms with van der Waals surface area (Å²) in [5.74, 6) is 7.36. The summed E-state index contributed by atoms with van der Waals surface area (Å²) < 4.78 is 3.46. The van der Waals surface area contributed by atoms with Gasteiger partial charge in [-0.15, -0.1) is 21.5 Å². The number of hydrogen-bond donors (Lipinski definition) is 1. The lowest BCUT2D eigenvalue weighted by Crippen LogP contribution is -2.11. The Labute approximate surface area is 146 Å². The van der Waals surface area contributed by atoms with Crippen LogP contribution in [0, 0.1) is 11.3 Å². The van der Waals surface area contributed by atoms with Crippen molar-refractivity contribution in [2.45, 2.75) is 10.9 Å². The maximum absolute atomic E-state index is 9.46. The van der Waals surface area contributed by atoms with Gasteiger partial charge in [0.15, 0.2) is 5.82 Å². The fourth-order valence-corrected chi connectivity index (χ4v) is 4.04. The zero-order chi connectivity index (χ0) is 16.5. The van der Waals surface area contributed by atoms with E-state index in [-0.39, 0.29) is 0 Å². The third-order valence-electron chi connectivity index (χ3n) is 3.64. The Hall–Kier alpha value is -2.76. The van der Waals surface area contributed by atoms with Crippen molar-refractivity contribution in [2.75, 3.05) is 5.84 Å². The molecule has 0 aliphatic heterocycles. The molecular weight excluding hydrogens is 340 g/mol. The monoisotopic (exact) mass is 352 g/mol. The van der Waals surface area contributed by atoms with Crippen LogP contribution in [0.3, 0.4) is 0 Å². The molecule has 4 rings (SSSR count). The Morgan fingerprint density at radius 1 is 1.25 bits per heavy atom. The third kappa shape index (κ3) is 2.44. The predicted octanol–water partition coefficient (Wildman–Crippen LogP) is 3.14. The lowest BCUT2D eigenvalue weighted by atomic mass is 10.2. The Bertz CT molecular complexity index is 1040. The smallest absolute Gasteiger partial charge is 0.210 e. The fourth-order valence-electron chi connectivity index (χ4n) is 2.51. The topological polar surface area (TPSA) is 84.9 Å². The Balaban J connectivity index is 1.61. The van der Waals surface area contributed by atoms with Crippen LogP contribution in [0.25, 0.3) is 16.2 Å².